The number of hydrogen-bond acceptors (Lipinski definition) is 4. The minimum Gasteiger partial charge on any atom is -0.375 e. The Kier molecular flexibility index (Phi) is 7.22. The molecule has 10 heteroatoms. The van der Waals surface area contributed by atoms with Crippen LogP contribution in [0, 0.1) is 11.6 Å². The zero-order valence-corrected chi connectivity index (χ0v) is 18.7. The number of nitrogens with zero attached hydrogens (tertiary/aromatic N) is 2. The lowest BCUT2D eigenvalue weighted by atomic mass is 10.1. The number of benzene rings is 3. The van der Waals surface area contributed by atoms with Crippen LogP contribution in [-0.4, -0.2) is 26.0 Å². The third kappa shape index (κ3) is 5.12. The highest BCUT2D eigenvalue weighted by Crippen LogP contribution is 2.33. The summed E-state index contributed by atoms with van der Waals surface area (Å²) in [5.74, 6) is -2.85. The largest absolute Gasteiger partial charge is 0.375 e. The van der Waals surface area contributed by atoms with Crippen LogP contribution in [0.15, 0.2) is 60.7 Å². The van der Waals surface area contributed by atoms with Gasteiger partial charge in [-0.25, -0.2) is 17.9 Å². The highest BCUT2D eigenvalue weighted by Gasteiger charge is 2.19. The normalized spacial score (nSPS) is 10.4. The molecule has 0 atom stereocenters. The Balaban J connectivity index is 1.71. The zero-order chi connectivity index (χ0) is 23.4. The molecule has 32 heavy (non-hydrogen) atoms. The van der Waals surface area contributed by atoms with Gasteiger partial charge in [0.25, 0.3) is 5.91 Å². The topological polar surface area (TPSA) is 64.7 Å². The second kappa shape index (κ2) is 9.88. The summed E-state index contributed by atoms with van der Waals surface area (Å²) >= 11 is 10.5. The Morgan fingerprint density at radius 1 is 0.906 bits per heavy atom. The van der Waals surface area contributed by atoms with E-state index in [2.05, 4.69) is 23.4 Å². The van der Waals surface area contributed by atoms with E-state index in [-0.39, 0.29) is 5.69 Å². The maximum atomic E-state index is 13.8. The van der Waals surface area contributed by atoms with Gasteiger partial charge < -0.3 is 15.5 Å². The Hall–Kier alpha value is -3.30. The first kappa shape index (κ1) is 23.4. The van der Waals surface area contributed by atoms with Crippen LogP contribution in [0.5, 0.6) is 0 Å². The van der Waals surface area contributed by atoms with E-state index in [1.165, 1.54) is 30.3 Å². The molecule has 0 saturated heterocycles. The summed E-state index contributed by atoms with van der Waals surface area (Å²) in [6, 6.07) is 13.8. The maximum absolute atomic E-state index is 13.8. The van der Waals surface area contributed by atoms with E-state index in [0.29, 0.717) is 22.1 Å². The molecule has 0 aliphatic rings. The van der Waals surface area contributed by atoms with Crippen LogP contribution in [0.3, 0.4) is 0 Å². The molecule has 0 fully saturated rings. The van der Waals surface area contributed by atoms with Gasteiger partial charge in [-0.1, -0.05) is 36.5 Å². The van der Waals surface area contributed by atoms with E-state index < -0.39 is 29.1 Å². The molecule has 0 saturated carbocycles. The van der Waals surface area contributed by atoms with Crippen molar-refractivity contribution >= 4 is 59.1 Å². The summed E-state index contributed by atoms with van der Waals surface area (Å²) < 4.78 is 28.6. The van der Waals surface area contributed by atoms with Gasteiger partial charge in [-0.05, 0) is 48.5 Å². The molecule has 2 N–H and O–H groups in total. The molecule has 6 nitrogen and oxygen atoms in total. The van der Waals surface area contributed by atoms with E-state index in [1.807, 2.05) is 0 Å². The van der Waals surface area contributed by atoms with Crippen LogP contribution < -0.4 is 19.8 Å². The third-order valence-electron chi connectivity index (χ3n) is 4.43. The number of halogens is 3. The van der Waals surface area contributed by atoms with Gasteiger partial charge in [0.05, 0.1) is 22.1 Å². The molecule has 0 spiro atoms. The number of para-hydroxylation sites is 1. The molecule has 0 aliphatic heterocycles. The third-order valence-corrected chi connectivity index (χ3v) is 5.15. The lowest BCUT2D eigenvalue weighted by Gasteiger charge is -2.22. The fourth-order valence-electron chi connectivity index (χ4n) is 2.95. The van der Waals surface area contributed by atoms with Gasteiger partial charge in [-0.3, -0.25) is 4.79 Å². The van der Waals surface area contributed by atoms with Crippen molar-refractivity contribution in [2.75, 3.05) is 33.9 Å². The van der Waals surface area contributed by atoms with Crippen molar-refractivity contribution in [2.24, 2.45) is 0 Å². The van der Waals surface area contributed by atoms with Gasteiger partial charge >= 0.3 is 6.03 Å². The Bertz CT molecular complexity index is 1140. The number of nitrogens with one attached hydrogen (secondary N) is 2. The molecular formula is C22H19ClF2N4O2S. The van der Waals surface area contributed by atoms with Gasteiger partial charge in [0.2, 0.25) is 0 Å². The molecule has 0 unspecified atom stereocenters. The van der Waals surface area contributed by atoms with Crippen LogP contribution in [0.25, 0.3) is 0 Å². The van der Waals surface area contributed by atoms with Crippen molar-refractivity contribution < 1.29 is 18.4 Å². The first-order valence-electron chi connectivity index (χ1n) is 9.30. The molecule has 3 amide bonds. The average molecular weight is 477 g/mol. The summed E-state index contributed by atoms with van der Waals surface area (Å²) in [4.78, 5) is 26.6. The van der Waals surface area contributed by atoms with Crippen molar-refractivity contribution in [3.63, 3.8) is 0 Å². The van der Waals surface area contributed by atoms with E-state index in [0.717, 1.165) is 16.4 Å². The standard InChI is InChI=1S/C22H19ClF2N4O2S/c1-28(2)20-15(23)5-3-8-18(20)27-22(31)29(32)14-11-9-13(10-12-14)26-21(30)19-16(24)6-4-7-17(19)25/h3-12,32H,1-2H3,(H,26,30)(H,27,31). The molecule has 3 rings (SSSR count). The van der Waals surface area contributed by atoms with Gasteiger partial charge in [-0.2, -0.15) is 0 Å². The van der Waals surface area contributed by atoms with Crippen LogP contribution in [0.4, 0.5) is 36.3 Å². The van der Waals surface area contributed by atoms with E-state index in [1.54, 1.807) is 37.2 Å². The molecular weight excluding hydrogens is 458 g/mol. The molecule has 0 bridgehead atoms. The lowest BCUT2D eigenvalue weighted by molar-refractivity contribution is 0.101. The van der Waals surface area contributed by atoms with Gasteiger partial charge in [-0.15, -0.1) is 0 Å². The fourth-order valence-corrected chi connectivity index (χ4v) is 3.48. The predicted octanol–water partition coefficient (Wildman–Crippen LogP) is 5.82. The van der Waals surface area contributed by atoms with Crippen molar-refractivity contribution in [3.05, 3.63) is 82.9 Å². The van der Waals surface area contributed by atoms with Crippen LogP contribution in [0.1, 0.15) is 10.4 Å². The monoisotopic (exact) mass is 476 g/mol. The molecule has 0 heterocycles. The number of carbonyl (C=O) groups excluding carboxylic acids is 2. The number of hydrogen-bond donors (Lipinski definition) is 3. The SMILES string of the molecule is CN(C)c1c(Cl)cccc1NC(=O)N(S)c1ccc(NC(=O)c2c(F)cccc2F)cc1. The summed E-state index contributed by atoms with van der Waals surface area (Å²) in [6.07, 6.45) is 0. The van der Waals surface area contributed by atoms with E-state index in [9.17, 15) is 18.4 Å². The summed E-state index contributed by atoms with van der Waals surface area (Å²) in [5.41, 5.74) is 1.15. The van der Waals surface area contributed by atoms with E-state index >= 15 is 0 Å². The lowest BCUT2D eigenvalue weighted by Crippen LogP contribution is -2.27. The van der Waals surface area contributed by atoms with Crippen LogP contribution >= 0.6 is 24.4 Å². The van der Waals surface area contributed by atoms with Gasteiger partial charge in [0, 0.05) is 19.8 Å². The first-order valence-corrected chi connectivity index (χ1v) is 10.1. The Morgan fingerprint density at radius 2 is 1.50 bits per heavy atom. The summed E-state index contributed by atoms with van der Waals surface area (Å²) in [6.45, 7) is 0. The second-order valence-corrected chi connectivity index (χ2v) is 7.68. The number of carbonyl (C=O) groups is 2. The number of rotatable bonds is 5. The number of anilines is 4. The predicted molar refractivity (Wildman–Crippen MR) is 127 cm³/mol. The molecule has 0 aromatic heterocycles. The summed E-state index contributed by atoms with van der Waals surface area (Å²) in [7, 11) is 3.60. The van der Waals surface area contributed by atoms with Crippen LogP contribution in [-0.2, 0) is 0 Å². The quantitative estimate of drug-likeness (QED) is 0.406. The molecule has 0 radical (unpaired) electrons. The Labute approximate surface area is 194 Å². The van der Waals surface area contributed by atoms with Gasteiger partial charge in [0.1, 0.15) is 17.2 Å². The highest BCUT2D eigenvalue weighted by molar-refractivity contribution is 7.82. The van der Waals surface area contributed by atoms with Crippen LogP contribution in [0.2, 0.25) is 5.02 Å². The number of thiol groups is 1. The van der Waals surface area contributed by atoms with Crippen molar-refractivity contribution in [1.29, 1.82) is 0 Å². The maximum Gasteiger partial charge on any atom is 0.336 e. The average Bonchev–Trinajstić information content (AvgIpc) is 2.73. The molecule has 3 aromatic carbocycles. The number of amides is 3. The Morgan fingerprint density at radius 3 is 2.09 bits per heavy atom. The molecule has 3 aromatic rings. The van der Waals surface area contributed by atoms with E-state index in [4.69, 9.17) is 11.6 Å². The minimum atomic E-state index is -0.963. The smallest absolute Gasteiger partial charge is 0.336 e. The van der Waals surface area contributed by atoms with Crippen molar-refractivity contribution in [2.45, 2.75) is 0 Å². The second-order valence-electron chi connectivity index (χ2n) is 6.87. The highest BCUT2D eigenvalue weighted by atomic mass is 35.5. The molecule has 166 valence electrons. The van der Waals surface area contributed by atoms with Gasteiger partial charge in [0.15, 0.2) is 0 Å². The number of urea groups is 1. The minimum absolute atomic E-state index is 0.285. The van der Waals surface area contributed by atoms with Crippen molar-refractivity contribution in [1.82, 2.24) is 0 Å². The zero-order valence-electron chi connectivity index (χ0n) is 17.1. The fraction of sp³-hybridized carbons (Fsp3) is 0.0909. The first-order chi connectivity index (χ1) is 15.2. The summed E-state index contributed by atoms with van der Waals surface area (Å²) in [5, 5.41) is 5.64. The van der Waals surface area contributed by atoms with Crippen molar-refractivity contribution in [3.8, 4) is 0 Å². The molecule has 0 aliphatic carbocycles.